The Bertz CT molecular complexity index is 354. The SMILES string of the molecule is CCCC(C)C(N)Cc1cccc(OC)c1F. The molecule has 0 radical (unpaired) electrons. The van der Waals surface area contributed by atoms with E-state index in [2.05, 4.69) is 13.8 Å². The molecule has 1 rings (SSSR count). The molecule has 0 saturated heterocycles. The molecule has 17 heavy (non-hydrogen) atoms. The maximum Gasteiger partial charge on any atom is 0.168 e. The van der Waals surface area contributed by atoms with E-state index < -0.39 is 0 Å². The smallest absolute Gasteiger partial charge is 0.168 e. The van der Waals surface area contributed by atoms with E-state index in [9.17, 15) is 4.39 Å². The van der Waals surface area contributed by atoms with E-state index in [1.807, 2.05) is 0 Å². The first-order valence-corrected chi connectivity index (χ1v) is 6.17. The Kier molecular flexibility index (Phi) is 5.42. The summed E-state index contributed by atoms with van der Waals surface area (Å²) in [5.74, 6) is 0.414. The van der Waals surface area contributed by atoms with Crippen molar-refractivity contribution in [3.63, 3.8) is 0 Å². The molecule has 1 aromatic rings. The normalized spacial score (nSPS) is 14.4. The van der Waals surface area contributed by atoms with Crippen molar-refractivity contribution in [2.24, 2.45) is 11.7 Å². The van der Waals surface area contributed by atoms with E-state index in [1.165, 1.54) is 7.11 Å². The zero-order chi connectivity index (χ0) is 12.8. The van der Waals surface area contributed by atoms with Gasteiger partial charge in [0.1, 0.15) is 0 Å². The predicted molar refractivity (Wildman–Crippen MR) is 68.7 cm³/mol. The second-order valence-corrected chi connectivity index (χ2v) is 4.57. The standard InChI is InChI=1S/C14H22FNO/c1-4-6-10(2)12(16)9-11-7-5-8-13(17-3)14(11)15/h5,7-8,10,12H,4,6,9,16H2,1-3H3. The third kappa shape index (κ3) is 3.70. The molecule has 0 aliphatic carbocycles. The number of hydrogen-bond acceptors (Lipinski definition) is 2. The van der Waals surface area contributed by atoms with Crippen LogP contribution in [0.25, 0.3) is 0 Å². The summed E-state index contributed by atoms with van der Waals surface area (Å²) >= 11 is 0. The number of hydrogen-bond donors (Lipinski definition) is 1. The fourth-order valence-corrected chi connectivity index (χ4v) is 2.00. The Morgan fingerprint density at radius 2 is 2.12 bits per heavy atom. The molecule has 0 saturated carbocycles. The molecule has 2 nitrogen and oxygen atoms in total. The van der Waals surface area contributed by atoms with E-state index in [1.54, 1.807) is 18.2 Å². The van der Waals surface area contributed by atoms with Gasteiger partial charge in [0.25, 0.3) is 0 Å². The summed E-state index contributed by atoms with van der Waals surface area (Å²) in [5, 5.41) is 0. The zero-order valence-corrected chi connectivity index (χ0v) is 10.9. The highest BCUT2D eigenvalue weighted by molar-refractivity contribution is 5.31. The van der Waals surface area contributed by atoms with Gasteiger partial charge in [-0.3, -0.25) is 0 Å². The van der Waals surface area contributed by atoms with Gasteiger partial charge in [-0.2, -0.15) is 0 Å². The largest absolute Gasteiger partial charge is 0.494 e. The molecule has 2 N–H and O–H groups in total. The van der Waals surface area contributed by atoms with Gasteiger partial charge in [0.15, 0.2) is 11.6 Å². The summed E-state index contributed by atoms with van der Waals surface area (Å²) in [7, 11) is 1.47. The summed E-state index contributed by atoms with van der Waals surface area (Å²) in [6.07, 6.45) is 2.74. The highest BCUT2D eigenvalue weighted by Gasteiger charge is 2.16. The molecule has 0 fully saturated rings. The minimum atomic E-state index is -0.283. The maximum absolute atomic E-state index is 13.9. The number of halogens is 1. The maximum atomic E-state index is 13.9. The number of benzene rings is 1. The van der Waals surface area contributed by atoms with Gasteiger partial charge in [0, 0.05) is 6.04 Å². The van der Waals surface area contributed by atoms with Gasteiger partial charge in [-0.15, -0.1) is 0 Å². The molecular formula is C14H22FNO. The van der Waals surface area contributed by atoms with Gasteiger partial charge in [-0.05, 0) is 30.4 Å². The highest BCUT2D eigenvalue weighted by atomic mass is 19.1. The van der Waals surface area contributed by atoms with Crippen molar-refractivity contribution in [1.82, 2.24) is 0 Å². The summed E-state index contributed by atoms with van der Waals surface area (Å²) < 4.78 is 18.9. The second-order valence-electron chi connectivity index (χ2n) is 4.57. The Hall–Kier alpha value is -1.09. The molecular weight excluding hydrogens is 217 g/mol. The highest BCUT2D eigenvalue weighted by Crippen LogP contribution is 2.22. The first-order valence-electron chi connectivity index (χ1n) is 6.17. The van der Waals surface area contributed by atoms with Crippen LogP contribution in [-0.4, -0.2) is 13.2 Å². The Morgan fingerprint density at radius 3 is 2.71 bits per heavy atom. The van der Waals surface area contributed by atoms with Crippen molar-refractivity contribution in [3.8, 4) is 5.75 Å². The van der Waals surface area contributed by atoms with Crippen LogP contribution in [0.4, 0.5) is 4.39 Å². The fourth-order valence-electron chi connectivity index (χ4n) is 2.00. The number of ether oxygens (including phenoxy) is 1. The van der Waals surface area contributed by atoms with Crippen molar-refractivity contribution < 1.29 is 9.13 Å². The second kappa shape index (κ2) is 6.60. The lowest BCUT2D eigenvalue weighted by Crippen LogP contribution is -2.30. The topological polar surface area (TPSA) is 35.2 Å². The van der Waals surface area contributed by atoms with E-state index in [-0.39, 0.29) is 17.6 Å². The van der Waals surface area contributed by atoms with Crippen molar-refractivity contribution in [3.05, 3.63) is 29.6 Å². The minimum absolute atomic E-state index is 0.00319. The Labute approximate surface area is 103 Å². The van der Waals surface area contributed by atoms with Crippen LogP contribution in [-0.2, 0) is 6.42 Å². The van der Waals surface area contributed by atoms with Crippen LogP contribution < -0.4 is 10.5 Å². The van der Waals surface area contributed by atoms with E-state index >= 15 is 0 Å². The molecule has 0 spiro atoms. The summed E-state index contributed by atoms with van der Waals surface area (Å²) in [6, 6.07) is 5.20. The van der Waals surface area contributed by atoms with Crippen LogP contribution in [0.3, 0.4) is 0 Å². The summed E-state index contributed by atoms with van der Waals surface area (Å²) in [4.78, 5) is 0. The van der Waals surface area contributed by atoms with E-state index in [0.717, 1.165) is 12.8 Å². The van der Waals surface area contributed by atoms with Crippen molar-refractivity contribution in [1.29, 1.82) is 0 Å². The molecule has 1 aromatic carbocycles. The van der Waals surface area contributed by atoms with Crippen molar-refractivity contribution >= 4 is 0 Å². The van der Waals surface area contributed by atoms with Crippen LogP contribution >= 0.6 is 0 Å². The lowest BCUT2D eigenvalue weighted by molar-refractivity contribution is 0.378. The van der Waals surface area contributed by atoms with E-state index in [0.29, 0.717) is 17.9 Å². The molecule has 96 valence electrons. The van der Waals surface area contributed by atoms with Gasteiger partial charge in [0.05, 0.1) is 7.11 Å². The van der Waals surface area contributed by atoms with Crippen LogP contribution in [0, 0.1) is 11.7 Å². The van der Waals surface area contributed by atoms with Crippen LogP contribution in [0.5, 0.6) is 5.75 Å². The summed E-state index contributed by atoms with van der Waals surface area (Å²) in [5.41, 5.74) is 6.73. The molecule has 0 heterocycles. The van der Waals surface area contributed by atoms with Crippen molar-refractivity contribution in [2.45, 2.75) is 39.2 Å². The average molecular weight is 239 g/mol. The third-order valence-corrected chi connectivity index (χ3v) is 3.19. The lowest BCUT2D eigenvalue weighted by atomic mass is 9.92. The van der Waals surface area contributed by atoms with Crippen LogP contribution in [0.15, 0.2) is 18.2 Å². The van der Waals surface area contributed by atoms with Gasteiger partial charge in [-0.1, -0.05) is 32.4 Å². The van der Waals surface area contributed by atoms with Gasteiger partial charge in [0.2, 0.25) is 0 Å². The number of nitrogens with two attached hydrogens (primary N) is 1. The molecule has 0 aliphatic heterocycles. The fraction of sp³-hybridized carbons (Fsp3) is 0.571. The first kappa shape index (κ1) is 14.0. The third-order valence-electron chi connectivity index (χ3n) is 3.19. The minimum Gasteiger partial charge on any atom is -0.494 e. The average Bonchev–Trinajstić information content (AvgIpc) is 2.32. The molecule has 0 aromatic heterocycles. The number of rotatable bonds is 6. The first-order chi connectivity index (χ1) is 8.10. The lowest BCUT2D eigenvalue weighted by Gasteiger charge is -2.20. The monoisotopic (exact) mass is 239 g/mol. The number of methoxy groups -OCH3 is 1. The molecule has 0 aliphatic rings. The zero-order valence-electron chi connectivity index (χ0n) is 10.9. The predicted octanol–water partition coefficient (Wildman–Crippen LogP) is 3.14. The molecule has 0 bridgehead atoms. The molecule has 0 amide bonds. The van der Waals surface area contributed by atoms with E-state index in [4.69, 9.17) is 10.5 Å². The molecule has 2 unspecified atom stereocenters. The van der Waals surface area contributed by atoms with Gasteiger partial charge < -0.3 is 10.5 Å². The Balaban J connectivity index is 2.74. The Morgan fingerprint density at radius 1 is 1.41 bits per heavy atom. The quantitative estimate of drug-likeness (QED) is 0.827. The van der Waals surface area contributed by atoms with Crippen molar-refractivity contribution in [2.75, 3.05) is 7.11 Å². The van der Waals surface area contributed by atoms with Gasteiger partial charge in [-0.25, -0.2) is 4.39 Å². The van der Waals surface area contributed by atoms with Crippen LogP contribution in [0.2, 0.25) is 0 Å². The van der Waals surface area contributed by atoms with Gasteiger partial charge >= 0.3 is 0 Å². The van der Waals surface area contributed by atoms with Crippen LogP contribution in [0.1, 0.15) is 32.3 Å². The molecule has 3 heteroatoms. The molecule has 2 atom stereocenters. The summed E-state index contributed by atoms with van der Waals surface area (Å²) in [6.45, 7) is 4.25.